The van der Waals surface area contributed by atoms with Crippen LogP contribution >= 0.6 is 15.9 Å². The lowest BCUT2D eigenvalue weighted by atomic mass is 10.0. The molecule has 1 N–H and O–H groups in total. The summed E-state index contributed by atoms with van der Waals surface area (Å²) in [6.45, 7) is 2.57. The number of carbonyl (C=O) groups excluding carboxylic acids is 2. The van der Waals surface area contributed by atoms with Crippen LogP contribution < -0.4 is 5.32 Å². The normalized spacial score (nSPS) is 20.4. The van der Waals surface area contributed by atoms with Crippen molar-refractivity contribution in [1.29, 1.82) is 0 Å². The van der Waals surface area contributed by atoms with Gasteiger partial charge in [-0.3, -0.25) is 9.59 Å². The van der Waals surface area contributed by atoms with Crippen molar-refractivity contribution in [2.45, 2.75) is 13.0 Å². The van der Waals surface area contributed by atoms with E-state index in [1.807, 2.05) is 31.2 Å². The Morgan fingerprint density at radius 2 is 2.24 bits per heavy atom. The largest absolute Gasteiger partial charge is 0.339 e. The van der Waals surface area contributed by atoms with Gasteiger partial charge in [0.15, 0.2) is 0 Å². The van der Waals surface area contributed by atoms with Gasteiger partial charge in [0.25, 0.3) is 0 Å². The Hall–Kier alpha value is -1.36. The van der Waals surface area contributed by atoms with Gasteiger partial charge in [-0.05, 0) is 24.6 Å². The van der Waals surface area contributed by atoms with Crippen LogP contribution in [0.3, 0.4) is 0 Å². The SMILES string of the molecule is CCN1CC(=O)N[C@H](c2cccc(Br)c2)C1=O. The Morgan fingerprint density at radius 1 is 1.47 bits per heavy atom. The first-order chi connectivity index (χ1) is 8.11. The summed E-state index contributed by atoms with van der Waals surface area (Å²) < 4.78 is 0.894. The van der Waals surface area contributed by atoms with Crippen LogP contribution in [0.2, 0.25) is 0 Å². The summed E-state index contributed by atoms with van der Waals surface area (Å²) in [7, 11) is 0. The van der Waals surface area contributed by atoms with E-state index in [2.05, 4.69) is 21.2 Å². The summed E-state index contributed by atoms with van der Waals surface area (Å²) in [6, 6.07) is 6.86. The Morgan fingerprint density at radius 3 is 2.88 bits per heavy atom. The molecule has 1 saturated heterocycles. The number of amides is 2. The Labute approximate surface area is 108 Å². The molecule has 2 amide bonds. The zero-order chi connectivity index (χ0) is 12.4. The molecule has 0 aliphatic carbocycles. The standard InChI is InChI=1S/C12H13BrN2O2/c1-2-15-7-10(16)14-11(12(15)17)8-4-3-5-9(13)6-8/h3-6,11H,2,7H2,1H3,(H,14,16)/t11-/m1/s1. The number of rotatable bonds is 2. The molecule has 1 heterocycles. The van der Waals surface area contributed by atoms with E-state index in [1.165, 1.54) is 0 Å². The first kappa shape index (κ1) is 12.1. The molecule has 1 atom stereocenters. The smallest absolute Gasteiger partial charge is 0.250 e. The van der Waals surface area contributed by atoms with Gasteiger partial charge in [0.05, 0.1) is 6.54 Å². The van der Waals surface area contributed by atoms with Crippen molar-refractivity contribution >= 4 is 27.7 Å². The van der Waals surface area contributed by atoms with Crippen LogP contribution in [0.25, 0.3) is 0 Å². The van der Waals surface area contributed by atoms with Crippen LogP contribution in [-0.2, 0) is 9.59 Å². The summed E-state index contributed by atoms with van der Waals surface area (Å²) >= 11 is 3.36. The van der Waals surface area contributed by atoms with Crippen LogP contribution in [0.5, 0.6) is 0 Å². The molecule has 1 aromatic carbocycles. The lowest BCUT2D eigenvalue weighted by Gasteiger charge is -2.31. The maximum absolute atomic E-state index is 12.1. The van der Waals surface area contributed by atoms with E-state index < -0.39 is 6.04 Å². The minimum atomic E-state index is -0.561. The second-order valence-corrected chi connectivity index (χ2v) is 4.82. The lowest BCUT2D eigenvalue weighted by Crippen LogP contribution is -2.53. The zero-order valence-electron chi connectivity index (χ0n) is 9.44. The highest BCUT2D eigenvalue weighted by Gasteiger charge is 2.32. The third-order valence-electron chi connectivity index (χ3n) is 2.76. The van der Waals surface area contributed by atoms with Gasteiger partial charge in [0, 0.05) is 11.0 Å². The quantitative estimate of drug-likeness (QED) is 0.898. The van der Waals surface area contributed by atoms with Gasteiger partial charge in [-0.15, -0.1) is 0 Å². The Kier molecular flexibility index (Phi) is 3.47. The summed E-state index contributed by atoms with van der Waals surface area (Å²) in [6.07, 6.45) is 0. The number of piperazine rings is 1. The van der Waals surface area contributed by atoms with Crippen LogP contribution in [0.15, 0.2) is 28.7 Å². The third-order valence-corrected chi connectivity index (χ3v) is 3.26. The molecule has 0 spiro atoms. The number of likely N-dealkylation sites (N-methyl/N-ethyl adjacent to an activating group) is 1. The highest BCUT2D eigenvalue weighted by molar-refractivity contribution is 9.10. The molecule has 0 bridgehead atoms. The van der Waals surface area contributed by atoms with Crippen LogP contribution in [0.1, 0.15) is 18.5 Å². The molecule has 5 heteroatoms. The van der Waals surface area contributed by atoms with E-state index in [-0.39, 0.29) is 18.4 Å². The minimum Gasteiger partial charge on any atom is -0.339 e. The zero-order valence-corrected chi connectivity index (χ0v) is 11.0. The monoisotopic (exact) mass is 296 g/mol. The van der Waals surface area contributed by atoms with E-state index in [1.54, 1.807) is 4.90 Å². The van der Waals surface area contributed by atoms with Crippen LogP contribution in [-0.4, -0.2) is 29.8 Å². The fourth-order valence-corrected chi connectivity index (χ4v) is 2.30. The summed E-state index contributed by atoms with van der Waals surface area (Å²) in [5.41, 5.74) is 0.802. The first-order valence-electron chi connectivity index (χ1n) is 5.45. The van der Waals surface area contributed by atoms with Gasteiger partial charge in [-0.2, -0.15) is 0 Å². The van der Waals surface area contributed by atoms with Gasteiger partial charge >= 0.3 is 0 Å². The molecule has 1 aliphatic rings. The third kappa shape index (κ3) is 2.49. The minimum absolute atomic E-state index is 0.0507. The van der Waals surface area contributed by atoms with E-state index in [0.29, 0.717) is 6.54 Å². The molecule has 90 valence electrons. The van der Waals surface area contributed by atoms with Gasteiger partial charge in [-0.25, -0.2) is 0 Å². The number of nitrogens with one attached hydrogen (secondary N) is 1. The summed E-state index contributed by atoms with van der Waals surface area (Å²) in [5, 5.41) is 2.72. The van der Waals surface area contributed by atoms with Crippen molar-refractivity contribution in [1.82, 2.24) is 10.2 Å². The maximum Gasteiger partial charge on any atom is 0.250 e. The molecule has 0 aromatic heterocycles. The molecule has 0 radical (unpaired) electrons. The number of benzene rings is 1. The van der Waals surface area contributed by atoms with Crippen molar-refractivity contribution in [3.05, 3.63) is 34.3 Å². The number of carbonyl (C=O) groups is 2. The van der Waals surface area contributed by atoms with Gasteiger partial charge in [0.2, 0.25) is 11.8 Å². The fourth-order valence-electron chi connectivity index (χ4n) is 1.88. The molecular weight excluding hydrogens is 284 g/mol. The second kappa shape index (κ2) is 4.87. The van der Waals surface area contributed by atoms with Crippen molar-refractivity contribution in [2.75, 3.05) is 13.1 Å². The molecule has 1 fully saturated rings. The molecule has 0 unspecified atom stereocenters. The predicted octanol–water partition coefficient (Wildman–Crippen LogP) is 1.47. The second-order valence-electron chi connectivity index (χ2n) is 3.91. The van der Waals surface area contributed by atoms with Gasteiger partial charge in [-0.1, -0.05) is 28.1 Å². The van der Waals surface area contributed by atoms with Gasteiger partial charge < -0.3 is 10.2 Å². The molecule has 1 aliphatic heterocycles. The fraction of sp³-hybridized carbons (Fsp3) is 0.333. The van der Waals surface area contributed by atoms with E-state index in [0.717, 1.165) is 10.0 Å². The highest BCUT2D eigenvalue weighted by Crippen LogP contribution is 2.22. The number of nitrogens with zero attached hydrogens (tertiary/aromatic N) is 1. The number of hydrogen-bond acceptors (Lipinski definition) is 2. The number of halogens is 1. The highest BCUT2D eigenvalue weighted by atomic mass is 79.9. The van der Waals surface area contributed by atoms with E-state index in [9.17, 15) is 9.59 Å². The van der Waals surface area contributed by atoms with Crippen molar-refractivity contribution < 1.29 is 9.59 Å². The Bertz CT molecular complexity index is 462. The summed E-state index contributed by atoms with van der Waals surface area (Å²) in [4.78, 5) is 25.2. The molecular formula is C12H13BrN2O2. The van der Waals surface area contributed by atoms with E-state index >= 15 is 0 Å². The first-order valence-corrected chi connectivity index (χ1v) is 6.24. The maximum atomic E-state index is 12.1. The van der Waals surface area contributed by atoms with Crippen molar-refractivity contribution in [3.63, 3.8) is 0 Å². The van der Waals surface area contributed by atoms with Crippen LogP contribution in [0.4, 0.5) is 0 Å². The number of hydrogen-bond donors (Lipinski definition) is 1. The van der Waals surface area contributed by atoms with Crippen molar-refractivity contribution in [2.24, 2.45) is 0 Å². The topological polar surface area (TPSA) is 49.4 Å². The Balaban J connectivity index is 2.30. The predicted molar refractivity (Wildman–Crippen MR) is 67.3 cm³/mol. The molecule has 2 rings (SSSR count). The molecule has 0 saturated carbocycles. The van der Waals surface area contributed by atoms with Crippen LogP contribution in [0, 0.1) is 0 Å². The van der Waals surface area contributed by atoms with E-state index in [4.69, 9.17) is 0 Å². The summed E-state index contributed by atoms with van der Waals surface area (Å²) in [5.74, 6) is -0.165. The average Bonchev–Trinajstić information content (AvgIpc) is 2.31. The molecule has 17 heavy (non-hydrogen) atoms. The molecule has 1 aromatic rings. The molecule has 4 nitrogen and oxygen atoms in total. The van der Waals surface area contributed by atoms with Gasteiger partial charge in [0.1, 0.15) is 6.04 Å². The van der Waals surface area contributed by atoms with Crippen molar-refractivity contribution in [3.8, 4) is 0 Å². The average molecular weight is 297 g/mol. The lowest BCUT2D eigenvalue weighted by molar-refractivity contribution is -0.144.